The van der Waals surface area contributed by atoms with E-state index in [-0.39, 0.29) is 0 Å². The van der Waals surface area contributed by atoms with Gasteiger partial charge in [0.15, 0.2) is 0 Å². The van der Waals surface area contributed by atoms with Crippen LogP contribution in [0.2, 0.25) is 0 Å². The SMILES string of the molecule is Ic1ccccc1CCC1c2[nH]c3ccccc3c2CCN1Cc1ccccc1I. The molecule has 5 rings (SSSR count). The molecule has 0 spiro atoms. The summed E-state index contributed by atoms with van der Waals surface area (Å²) in [4.78, 5) is 6.49. The molecule has 1 atom stereocenters. The monoisotopic (exact) mass is 618 g/mol. The summed E-state index contributed by atoms with van der Waals surface area (Å²) < 4.78 is 2.72. The summed E-state index contributed by atoms with van der Waals surface area (Å²) >= 11 is 4.95. The molecule has 0 saturated heterocycles. The molecule has 3 aromatic carbocycles. The van der Waals surface area contributed by atoms with E-state index in [1.54, 1.807) is 0 Å². The molecule has 1 N–H and O–H groups in total. The molecule has 4 aromatic rings. The van der Waals surface area contributed by atoms with Crippen LogP contribution in [0.15, 0.2) is 72.8 Å². The van der Waals surface area contributed by atoms with Gasteiger partial charge in [0.1, 0.15) is 0 Å². The summed E-state index contributed by atoms with van der Waals surface area (Å²) in [6.07, 6.45) is 3.34. The molecule has 2 nitrogen and oxygen atoms in total. The molecule has 2 heterocycles. The number of aromatic amines is 1. The van der Waals surface area contributed by atoms with Gasteiger partial charge in [-0.25, -0.2) is 0 Å². The standard InChI is InChI=1S/C26H24I2N2/c27-22-10-4-1-7-18(22)13-14-25-26-21(20-9-3-6-12-24(20)29-26)15-16-30(25)17-19-8-2-5-11-23(19)28/h1-12,25,29H,13-17H2. The van der Waals surface area contributed by atoms with Crippen molar-refractivity contribution in [3.8, 4) is 0 Å². The van der Waals surface area contributed by atoms with Crippen molar-refractivity contribution in [1.82, 2.24) is 9.88 Å². The molecule has 0 aliphatic carbocycles. The van der Waals surface area contributed by atoms with Crippen molar-refractivity contribution in [3.05, 3.63) is 102 Å². The van der Waals surface area contributed by atoms with E-state index in [0.717, 1.165) is 32.4 Å². The Hall–Kier alpha value is -1.38. The van der Waals surface area contributed by atoms with Gasteiger partial charge in [-0.2, -0.15) is 0 Å². The number of nitrogens with one attached hydrogen (secondary N) is 1. The van der Waals surface area contributed by atoms with Gasteiger partial charge in [0.25, 0.3) is 0 Å². The number of para-hydroxylation sites is 1. The fourth-order valence-corrected chi connectivity index (χ4v) is 5.94. The van der Waals surface area contributed by atoms with Crippen LogP contribution in [0, 0.1) is 7.14 Å². The Balaban J connectivity index is 1.50. The number of halogens is 2. The van der Waals surface area contributed by atoms with Crippen LogP contribution in [0.1, 0.15) is 34.8 Å². The van der Waals surface area contributed by atoms with Crippen LogP contribution in [0.3, 0.4) is 0 Å². The van der Waals surface area contributed by atoms with Gasteiger partial charge in [-0.05, 0) is 99.3 Å². The van der Waals surface area contributed by atoms with Gasteiger partial charge < -0.3 is 4.98 Å². The summed E-state index contributed by atoms with van der Waals surface area (Å²) in [5, 5.41) is 1.40. The molecule has 0 saturated carbocycles. The molecule has 0 fully saturated rings. The van der Waals surface area contributed by atoms with E-state index >= 15 is 0 Å². The van der Waals surface area contributed by atoms with Crippen LogP contribution in [-0.4, -0.2) is 16.4 Å². The molecule has 0 radical (unpaired) electrons. The predicted octanol–water partition coefficient (Wildman–Crippen LogP) is 7.11. The maximum absolute atomic E-state index is 3.80. The number of rotatable bonds is 5. The predicted molar refractivity (Wildman–Crippen MR) is 142 cm³/mol. The third-order valence-electron chi connectivity index (χ3n) is 6.25. The van der Waals surface area contributed by atoms with Crippen LogP contribution < -0.4 is 0 Å². The fraction of sp³-hybridized carbons (Fsp3) is 0.231. The number of fused-ring (bicyclic) bond motifs is 3. The minimum atomic E-state index is 0.410. The van der Waals surface area contributed by atoms with E-state index in [1.165, 1.54) is 40.4 Å². The Labute approximate surface area is 205 Å². The zero-order valence-electron chi connectivity index (χ0n) is 16.7. The van der Waals surface area contributed by atoms with Gasteiger partial charge in [0, 0.05) is 36.8 Å². The van der Waals surface area contributed by atoms with Crippen molar-refractivity contribution in [2.75, 3.05) is 6.54 Å². The molecule has 1 aliphatic heterocycles. The van der Waals surface area contributed by atoms with Crippen molar-refractivity contribution in [2.45, 2.75) is 31.8 Å². The van der Waals surface area contributed by atoms with Crippen LogP contribution in [0.4, 0.5) is 0 Å². The van der Waals surface area contributed by atoms with E-state index in [4.69, 9.17) is 0 Å². The van der Waals surface area contributed by atoms with Crippen molar-refractivity contribution in [3.63, 3.8) is 0 Å². The van der Waals surface area contributed by atoms with Crippen molar-refractivity contribution in [1.29, 1.82) is 0 Å². The van der Waals surface area contributed by atoms with E-state index < -0.39 is 0 Å². The lowest BCUT2D eigenvalue weighted by molar-refractivity contribution is 0.164. The summed E-state index contributed by atoms with van der Waals surface area (Å²) in [5.74, 6) is 0. The molecular formula is C26H24I2N2. The second-order valence-corrected chi connectivity index (χ2v) is 10.3. The third-order valence-corrected chi connectivity index (χ3v) is 8.35. The molecule has 4 heteroatoms. The number of nitrogens with zero attached hydrogens (tertiary/aromatic N) is 1. The molecule has 0 bridgehead atoms. The number of benzene rings is 3. The Morgan fingerprint density at radius 2 is 1.50 bits per heavy atom. The molecule has 30 heavy (non-hydrogen) atoms. The summed E-state index contributed by atoms with van der Waals surface area (Å²) in [6.45, 7) is 2.11. The van der Waals surface area contributed by atoms with Gasteiger partial charge in [-0.15, -0.1) is 0 Å². The molecule has 1 unspecified atom stereocenters. The fourth-order valence-electron chi connectivity index (χ4n) is 4.72. The highest BCUT2D eigenvalue weighted by Crippen LogP contribution is 2.38. The van der Waals surface area contributed by atoms with Crippen molar-refractivity contribution >= 4 is 56.1 Å². The number of aromatic nitrogens is 1. The Bertz CT molecular complexity index is 1180. The second-order valence-electron chi connectivity index (χ2n) is 8.02. The van der Waals surface area contributed by atoms with Crippen molar-refractivity contribution in [2.24, 2.45) is 0 Å². The lowest BCUT2D eigenvalue weighted by Crippen LogP contribution is -2.35. The van der Waals surface area contributed by atoms with E-state index in [2.05, 4.69) is 128 Å². The quantitative estimate of drug-likeness (QED) is 0.237. The van der Waals surface area contributed by atoms with Gasteiger partial charge in [0.2, 0.25) is 0 Å². The molecule has 0 amide bonds. The minimum Gasteiger partial charge on any atom is -0.357 e. The van der Waals surface area contributed by atoms with Gasteiger partial charge in [-0.1, -0.05) is 54.6 Å². The van der Waals surface area contributed by atoms with Crippen LogP contribution in [-0.2, 0) is 19.4 Å². The van der Waals surface area contributed by atoms with Crippen molar-refractivity contribution < 1.29 is 0 Å². The van der Waals surface area contributed by atoms with Crippen LogP contribution in [0.5, 0.6) is 0 Å². The molecular weight excluding hydrogens is 594 g/mol. The third kappa shape index (κ3) is 4.06. The van der Waals surface area contributed by atoms with E-state index in [1.807, 2.05) is 0 Å². The number of aryl methyl sites for hydroxylation is 1. The summed E-state index contributed by atoms with van der Waals surface area (Å²) in [5.41, 5.74) is 7.11. The van der Waals surface area contributed by atoms with Gasteiger partial charge in [0.05, 0.1) is 6.04 Å². The van der Waals surface area contributed by atoms with Gasteiger partial charge in [-0.3, -0.25) is 4.90 Å². The molecule has 1 aromatic heterocycles. The first-order chi connectivity index (χ1) is 14.7. The highest BCUT2D eigenvalue weighted by atomic mass is 127. The average Bonchev–Trinajstić information content (AvgIpc) is 3.14. The Morgan fingerprint density at radius 1 is 0.833 bits per heavy atom. The average molecular weight is 618 g/mol. The number of H-pyrrole nitrogens is 1. The van der Waals surface area contributed by atoms with E-state index in [9.17, 15) is 0 Å². The zero-order chi connectivity index (χ0) is 20.5. The zero-order valence-corrected chi connectivity index (χ0v) is 21.1. The van der Waals surface area contributed by atoms with E-state index in [0.29, 0.717) is 6.04 Å². The highest BCUT2D eigenvalue weighted by Gasteiger charge is 2.30. The Morgan fingerprint density at radius 3 is 2.27 bits per heavy atom. The smallest absolute Gasteiger partial charge is 0.0508 e. The lowest BCUT2D eigenvalue weighted by Gasteiger charge is -2.36. The number of hydrogen-bond donors (Lipinski definition) is 1. The van der Waals surface area contributed by atoms with Crippen LogP contribution >= 0.6 is 45.2 Å². The topological polar surface area (TPSA) is 19.0 Å². The first-order valence-corrected chi connectivity index (χ1v) is 12.7. The summed E-state index contributed by atoms with van der Waals surface area (Å²) in [7, 11) is 0. The molecule has 1 aliphatic rings. The maximum atomic E-state index is 3.80. The Kier molecular flexibility index (Phi) is 6.16. The first-order valence-electron chi connectivity index (χ1n) is 10.5. The normalized spacial score (nSPS) is 16.7. The lowest BCUT2D eigenvalue weighted by atomic mass is 9.92. The second kappa shape index (κ2) is 9.01. The first kappa shape index (κ1) is 20.5. The van der Waals surface area contributed by atoms with Gasteiger partial charge >= 0.3 is 0 Å². The maximum Gasteiger partial charge on any atom is 0.0508 e. The largest absolute Gasteiger partial charge is 0.357 e. The minimum absolute atomic E-state index is 0.410. The number of hydrogen-bond acceptors (Lipinski definition) is 1. The molecule has 152 valence electrons. The van der Waals surface area contributed by atoms with Crippen LogP contribution in [0.25, 0.3) is 10.9 Å². The highest BCUT2D eigenvalue weighted by molar-refractivity contribution is 14.1. The summed E-state index contributed by atoms with van der Waals surface area (Å²) in [6, 6.07) is 26.8.